The minimum Gasteiger partial charge on any atom is -0.495 e. The van der Waals surface area contributed by atoms with E-state index in [1.54, 1.807) is 37.7 Å². The van der Waals surface area contributed by atoms with Gasteiger partial charge in [-0.2, -0.15) is 4.98 Å². The zero-order valence-corrected chi connectivity index (χ0v) is 14.7. The average molecular weight is 356 g/mol. The van der Waals surface area contributed by atoms with Crippen molar-refractivity contribution in [2.45, 2.75) is 13.5 Å². The highest BCUT2D eigenvalue weighted by atomic mass is 35.5. The van der Waals surface area contributed by atoms with Crippen molar-refractivity contribution in [1.82, 2.24) is 15.0 Å². The number of rotatable bonds is 6. The molecule has 7 heteroatoms. The van der Waals surface area contributed by atoms with Crippen LogP contribution in [-0.2, 0) is 6.54 Å². The molecule has 2 aromatic heterocycles. The molecule has 0 aliphatic rings. The molecule has 1 aromatic carbocycles. The zero-order valence-electron chi connectivity index (χ0n) is 14.0. The Morgan fingerprint density at radius 2 is 2.04 bits per heavy atom. The Hall–Kier alpha value is -2.86. The summed E-state index contributed by atoms with van der Waals surface area (Å²) in [5.41, 5.74) is 2.64. The molecular weight excluding hydrogens is 338 g/mol. The molecule has 0 atom stereocenters. The highest BCUT2D eigenvalue weighted by Crippen LogP contribution is 2.30. The Kier molecular flexibility index (Phi) is 5.30. The van der Waals surface area contributed by atoms with E-state index in [-0.39, 0.29) is 0 Å². The van der Waals surface area contributed by atoms with Gasteiger partial charge in [-0.05, 0) is 36.8 Å². The summed E-state index contributed by atoms with van der Waals surface area (Å²) in [5.74, 6) is 1.87. The third-order valence-electron chi connectivity index (χ3n) is 3.45. The molecule has 0 unspecified atom stereocenters. The van der Waals surface area contributed by atoms with E-state index in [0.717, 1.165) is 16.9 Å². The fourth-order valence-corrected chi connectivity index (χ4v) is 2.48. The van der Waals surface area contributed by atoms with Crippen molar-refractivity contribution in [1.29, 1.82) is 0 Å². The maximum Gasteiger partial charge on any atom is 0.225 e. The standard InChI is InChI=1S/C18H18ClN5O/c1-12-8-17(23-15-9-14(19)5-6-16(15)25-2)24-18(22-12)21-11-13-4-3-7-20-10-13/h3-10H,11H2,1-2H3,(H2,21,22,23,24). The molecule has 2 heterocycles. The van der Waals surface area contributed by atoms with E-state index in [2.05, 4.69) is 25.6 Å². The number of nitrogens with one attached hydrogen (secondary N) is 2. The van der Waals surface area contributed by atoms with Crippen LogP contribution in [0.2, 0.25) is 5.02 Å². The van der Waals surface area contributed by atoms with Gasteiger partial charge in [-0.15, -0.1) is 0 Å². The second-order valence-corrected chi connectivity index (χ2v) is 5.84. The molecule has 0 amide bonds. The number of anilines is 3. The Labute approximate surface area is 151 Å². The number of nitrogens with zero attached hydrogens (tertiary/aromatic N) is 3. The molecule has 0 aliphatic carbocycles. The summed E-state index contributed by atoms with van der Waals surface area (Å²) in [6.45, 7) is 2.51. The zero-order chi connectivity index (χ0) is 17.6. The van der Waals surface area contributed by atoms with Gasteiger partial charge in [0.15, 0.2) is 0 Å². The lowest BCUT2D eigenvalue weighted by Crippen LogP contribution is -2.06. The summed E-state index contributed by atoms with van der Waals surface area (Å²) in [6, 6.07) is 11.1. The smallest absolute Gasteiger partial charge is 0.225 e. The van der Waals surface area contributed by atoms with E-state index in [0.29, 0.717) is 29.1 Å². The second-order valence-electron chi connectivity index (χ2n) is 5.40. The lowest BCUT2D eigenvalue weighted by molar-refractivity contribution is 0.417. The van der Waals surface area contributed by atoms with Crippen LogP contribution in [0, 0.1) is 6.92 Å². The highest BCUT2D eigenvalue weighted by molar-refractivity contribution is 6.31. The Bertz CT molecular complexity index is 857. The van der Waals surface area contributed by atoms with Crippen LogP contribution >= 0.6 is 11.6 Å². The number of halogens is 1. The maximum atomic E-state index is 6.07. The van der Waals surface area contributed by atoms with Crippen molar-refractivity contribution >= 4 is 29.1 Å². The van der Waals surface area contributed by atoms with Gasteiger partial charge in [-0.3, -0.25) is 4.98 Å². The van der Waals surface area contributed by atoms with Crippen LogP contribution in [0.5, 0.6) is 5.75 Å². The van der Waals surface area contributed by atoms with Gasteiger partial charge in [0.1, 0.15) is 11.6 Å². The summed E-state index contributed by atoms with van der Waals surface area (Å²) in [7, 11) is 1.61. The fourth-order valence-electron chi connectivity index (χ4n) is 2.31. The predicted molar refractivity (Wildman–Crippen MR) is 99.6 cm³/mol. The SMILES string of the molecule is COc1ccc(Cl)cc1Nc1cc(C)nc(NCc2cccnc2)n1. The van der Waals surface area contributed by atoms with Gasteiger partial charge in [0.25, 0.3) is 0 Å². The van der Waals surface area contributed by atoms with Crippen LogP contribution in [0.3, 0.4) is 0 Å². The lowest BCUT2D eigenvalue weighted by Gasteiger charge is -2.13. The van der Waals surface area contributed by atoms with Crippen molar-refractivity contribution in [3.63, 3.8) is 0 Å². The normalized spacial score (nSPS) is 10.4. The Balaban J connectivity index is 1.79. The van der Waals surface area contributed by atoms with Gasteiger partial charge in [0.2, 0.25) is 5.95 Å². The summed E-state index contributed by atoms with van der Waals surface area (Å²) in [6.07, 6.45) is 3.55. The number of aryl methyl sites for hydroxylation is 1. The van der Waals surface area contributed by atoms with Gasteiger partial charge in [-0.25, -0.2) is 4.98 Å². The first kappa shape index (κ1) is 17.0. The fraction of sp³-hybridized carbons (Fsp3) is 0.167. The number of pyridine rings is 1. The van der Waals surface area contributed by atoms with E-state index >= 15 is 0 Å². The highest BCUT2D eigenvalue weighted by Gasteiger charge is 2.07. The van der Waals surface area contributed by atoms with Gasteiger partial charge in [0, 0.05) is 35.7 Å². The van der Waals surface area contributed by atoms with Gasteiger partial charge < -0.3 is 15.4 Å². The first-order chi connectivity index (χ1) is 12.1. The van der Waals surface area contributed by atoms with E-state index in [9.17, 15) is 0 Å². The molecule has 0 bridgehead atoms. The number of aromatic nitrogens is 3. The molecule has 0 radical (unpaired) electrons. The van der Waals surface area contributed by atoms with Crippen LogP contribution in [0.25, 0.3) is 0 Å². The lowest BCUT2D eigenvalue weighted by atomic mass is 10.3. The van der Waals surface area contributed by atoms with Crippen LogP contribution in [-0.4, -0.2) is 22.1 Å². The largest absolute Gasteiger partial charge is 0.495 e. The molecule has 3 aromatic rings. The predicted octanol–water partition coefficient (Wildman–Crippen LogP) is 4.20. The van der Waals surface area contributed by atoms with Gasteiger partial charge in [-0.1, -0.05) is 17.7 Å². The van der Waals surface area contributed by atoms with Gasteiger partial charge in [0.05, 0.1) is 12.8 Å². The molecule has 0 spiro atoms. The van der Waals surface area contributed by atoms with Crippen molar-refractivity contribution < 1.29 is 4.74 Å². The molecular formula is C18H18ClN5O. The second kappa shape index (κ2) is 7.81. The third kappa shape index (κ3) is 4.58. The molecule has 2 N–H and O–H groups in total. The summed E-state index contributed by atoms with van der Waals surface area (Å²) in [4.78, 5) is 13.0. The average Bonchev–Trinajstić information content (AvgIpc) is 2.61. The Morgan fingerprint density at radius 1 is 1.16 bits per heavy atom. The molecule has 3 rings (SSSR count). The minimum atomic E-state index is 0.535. The molecule has 25 heavy (non-hydrogen) atoms. The third-order valence-corrected chi connectivity index (χ3v) is 3.69. The van der Waals surface area contributed by atoms with Crippen LogP contribution < -0.4 is 15.4 Å². The van der Waals surface area contributed by atoms with Crippen molar-refractivity contribution in [3.8, 4) is 5.75 Å². The molecule has 6 nitrogen and oxygen atoms in total. The van der Waals surface area contributed by atoms with E-state index < -0.39 is 0 Å². The minimum absolute atomic E-state index is 0.535. The molecule has 0 saturated carbocycles. The quantitative estimate of drug-likeness (QED) is 0.690. The number of methoxy groups -OCH3 is 1. The van der Waals surface area contributed by atoms with Crippen molar-refractivity contribution in [2.24, 2.45) is 0 Å². The number of ether oxygens (including phenoxy) is 1. The van der Waals surface area contributed by atoms with Crippen LogP contribution in [0.15, 0.2) is 48.8 Å². The number of benzene rings is 1. The van der Waals surface area contributed by atoms with Crippen LogP contribution in [0.1, 0.15) is 11.3 Å². The summed E-state index contributed by atoms with van der Waals surface area (Å²) in [5, 5.41) is 7.05. The molecule has 0 fully saturated rings. The van der Waals surface area contributed by atoms with E-state index in [4.69, 9.17) is 16.3 Å². The molecule has 0 saturated heterocycles. The van der Waals surface area contributed by atoms with E-state index in [1.807, 2.05) is 25.1 Å². The number of hydrogen-bond acceptors (Lipinski definition) is 6. The summed E-state index contributed by atoms with van der Waals surface area (Å²) < 4.78 is 5.35. The van der Waals surface area contributed by atoms with Crippen molar-refractivity contribution in [2.75, 3.05) is 17.7 Å². The Morgan fingerprint density at radius 3 is 2.80 bits per heavy atom. The van der Waals surface area contributed by atoms with Crippen molar-refractivity contribution in [3.05, 3.63) is 65.1 Å². The van der Waals surface area contributed by atoms with E-state index in [1.165, 1.54) is 0 Å². The molecule has 0 aliphatic heterocycles. The number of hydrogen-bond donors (Lipinski definition) is 2. The van der Waals surface area contributed by atoms with Gasteiger partial charge >= 0.3 is 0 Å². The van der Waals surface area contributed by atoms with Crippen LogP contribution in [0.4, 0.5) is 17.5 Å². The first-order valence-electron chi connectivity index (χ1n) is 7.73. The molecule has 128 valence electrons. The maximum absolute atomic E-state index is 6.07. The summed E-state index contributed by atoms with van der Waals surface area (Å²) >= 11 is 6.07. The topological polar surface area (TPSA) is 72.0 Å². The first-order valence-corrected chi connectivity index (χ1v) is 8.11. The monoisotopic (exact) mass is 355 g/mol.